The van der Waals surface area contributed by atoms with E-state index in [1.807, 2.05) is 0 Å². The third kappa shape index (κ3) is 3.97. The number of nitrogens with zero attached hydrogens (tertiary/aromatic N) is 2. The molecule has 0 aliphatic carbocycles. The van der Waals surface area contributed by atoms with Crippen LogP contribution in [0.5, 0.6) is 0 Å². The molecule has 16 heavy (non-hydrogen) atoms. The van der Waals surface area contributed by atoms with Crippen molar-refractivity contribution in [3.8, 4) is 0 Å². The third-order valence-corrected chi connectivity index (χ3v) is 3.06. The Bertz CT molecular complexity index is 318. The van der Waals surface area contributed by atoms with Crippen molar-refractivity contribution in [1.29, 1.82) is 0 Å². The Hall–Kier alpha value is -0.830. The Morgan fingerprint density at radius 2 is 1.88 bits per heavy atom. The highest BCUT2D eigenvalue weighted by Gasteiger charge is 2.16. The number of anilines is 1. The molecular formula is C12H20ClN3. The quantitative estimate of drug-likeness (QED) is 0.858. The smallest absolute Gasteiger partial charge is 0.153 e. The van der Waals surface area contributed by atoms with Gasteiger partial charge in [0, 0.05) is 12.6 Å². The van der Waals surface area contributed by atoms with E-state index in [1.54, 1.807) is 12.3 Å². The van der Waals surface area contributed by atoms with Gasteiger partial charge in [-0.05, 0) is 17.8 Å². The maximum absolute atomic E-state index is 5.77. The van der Waals surface area contributed by atoms with Crippen molar-refractivity contribution in [3.05, 3.63) is 17.4 Å². The van der Waals surface area contributed by atoms with E-state index in [9.17, 15) is 0 Å². The van der Waals surface area contributed by atoms with E-state index >= 15 is 0 Å². The standard InChI is InChI=1S/C12H20ClN3/c1-8(2)11(9(3)4)7-14-10-5-12(13)16-15-6-10/h5-6,8-9,11H,7H2,1-4H3,(H,14,16). The summed E-state index contributed by atoms with van der Waals surface area (Å²) in [5, 5.41) is 11.3. The molecule has 0 aliphatic heterocycles. The molecule has 0 radical (unpaired) electrons. The van der Waals surface area contributed by atoms with Gasteiger partial charge in [0.2, 0.25) is 0 Å². The van der Waals surface area contributed by atoms with Crippen LogP contribution in [0, 0.1) is 17.8 Å². The Morgan fingerprint density at radius 3 is 2.38 bits per heavy atom. The topological polar surface area (TPSA) is 37.8 Å². The Balaban J connectivity index is 2.55. The molecule has 0 aliphatic rings. The second kappa shape index (κ2) is 6.04. The lowest BCUT2D eigenvalue weighted by atomic mass is 9.85. The summed E-state index contributed by atoms with van der Waals surface area (Å²) >= 11 is 5.77. The summed E-state index contributed by atoms with van der Waals surface area (Å²) in [7, 11) is 0. The van der Waals surface area contributed by atoms with E-state index in [1.165, 1.54) is 0 Å². The summed E-state index contributed by atoms with van der Waals surface area (Å²) in [5.74, 6) is 1.97. The van der Waals surface area contributed by atoms with E-state index in [4.69, 9.17) is 11.6 Å². The van der Waals surface area contributed by atoms with Crippen molar-refractivity contribution in [2.75, 3.05) is 11.9 Å². The number of nitrogens with one attached hydrogen (secondary N) is 1. The van der Waals surface area contributed by atoms with Gasteiger partial charge in [-0.3, -0.25) is 0 Å². The van der Waals surface area contributed by atoms with Gasteiger partial charge in [0.15, 0.2) is 5.15 Å². The summed E-state index contributed by atoms with van der Waals surface area (Å²) < 4.78 is 0. The predicted octanol–water partition coefficient (Wildman–Crippen LogP) is 3.47. The molecule has 0 saturated carbocycles. The summed E-state index contributed by atoms with van der Waals surface area (Å²) in [4.78, 5) is 0. The highest BCUT2D eigenvalue weighted by Crippen LogP contribution is 2.21. The molecule has 0 spiro atoms. The third-order valence-electron chi connectivity index (χ3n) is 2.88. The molecule has 0 aromatic carbocycles. The molecule has 0 atom stereocenters. The predicted molar refractivity (Wildman–Crippen MR) is 68.7 cm³/mol. The molecule has 4 heteroatoms. The number of aromatic nitrogens is 2. The maximum atomic E-state index is 5.77. The minimum atomic E-state index is 0.427. The van der Waals surface area contributed by atoms with Crippen LogP contribution < -0.4 is 5.32 Å². The van der Waals surface area contributed by atoms with Crippen LogP contribution in [-0.2, 0) is 0 Å². The van der Waals surface area contributed by atoms with Gasteiger partial charge in [-0.2, -0.15) is 5.10 Å². The van der Waals surface area contributed by atoms with Crippen LogP contribution in [0.1, 0.15) is 27.7 Å². The Labute approximate surface area is 103 Å². The van der Waals surface area contributed by atoms with Crippen LogP contribution in [0.25, 0.3) is 0 Å². The van der Waals surface area contributed by atoms with Gasteiger partial charge >= 0.3 is 0 Å². The number of rotatable bonds is 5. The molecule has 0 bridgehead atoms. The molecule has 1 aromatic heterocycles. The Kier molecular flexibility index (Phi) is 5.00. The minimum Gasteiger partial charge on any atom is -0.383 e. The first-order valence-corrected chi connectivity index (χ1v) is 6.10. The van der Waals surface area contributed by atoms with Crippen LogP contribution in [-0.4, -0.2) is 16.7 Å². The van der Waals surface area contributed by atoms with Crippen LogP contribution in [0.3, 0.4) is 0 Å². The van der Waals surface area contributed by atoms with Crippen molar-refractivity contribution in [1.82, 2.24) is 10.2 Å². The normalized spacial score (nSPS) is 11.5. The summed E-state index contributed by atoms with van der Waals surface area (Å²) in [6.45, 7) is 9.96. The summed E-state index contributed by atoms with van der Waals surface area (Å²) in [6, 6.07) is 1.80. The Morgan fingerprint density at radius 1 is 1.25 bits per heavy atom. The number of hydrogen-bond acceptors (Lipinski definition) is 3. The molecule has 1 rings (SSSR count). The van der Waals surface area contributed by atoms with Crippen molar-refractivity contribution in [2.45, 2.75) is 27.7 Å². The zero-order valence-electron chi connectivity index (χ0n) is 10.4. The van der Waals surface area contributed by atoms with Crippen LogP contribution in [0.2, 0.25) is 5.15 Å². The zero-order chi connectivity index (χ0) is 12.1. The molecule has 0 fully saturated rings. The lowest BCUT2D eigenvalue weighted by Gasteiger charge is -2.25. The van der Waals surface area contributed by atoms with Crippen molar-refractivity contribution in [3.63, 3.8) is 0 Å². The van der Waals surface area contributed by atoms with E-state index in [0.717, 1.165) is 12.2 Å². The van der Waals surface area contributed by atoms with Gasteiger partial charge in [-0.25, -0.2) is 0 Å². The minimum absolute atomic E-state index is 0.427. The highest BCUT2D eigenvalue weighted by atomic mass is 35.5. The monoisotopic (exact) mass is 241 g/mol. The zero-order valence-corrected chi connectivity index (χ0v) is 11.1. The van der Waals surface area contributed by atoms with E-state index in [0.29, 0.717) is 22.9 Å². The van der Waals surface area contributed by atoms with Crippen LogP contribution in [0.15, 0.2) is 12.3 Å². The van der Waals surface area contributed by atoms with Gasteiger partial charge in [-0.1, -0.05) is 39.3 Å². The van der Waals surface area contributed by atoms with Gasteiger partial charge in [0.1, 0.15) is 0 Å². The lowest BCUT2D eigenvalue weighted by molar-refractivity contribution is 0.304. The van der Waals surface area contributed by atoms with Gasteiger partial charge < -0.3 is 5.32 Å². The highest BCUT2D eigenvalue weighted by molar-refractivity contribution is 6.29. The largest absolute Gasteiger partial charge is 0.383 e. The molecule has 0 saturated heterocycles. The lowest BCUT2D eigenvalue weighted by Crippen LogP contribution is -2.24. The molecule has 90 valence electrons. The summed E-state index contributed by atoms with van der Waals surface area (Å²) in [5.41, 5.74) is 0.936. The van der Waals surface area contributed by atoms with E-state index in [2.05, 4.69) is 43.2 Å². The van der Waals surface area contributed by atoms with Crippen molar-refractivity contribution in [2.24, 2.45) is 17.8 Å². The van der Waals surface area contributed by atoms with Crippen LogP contribution in [0.4, 0.5) is 5.69 Å². The average molecular weight is 242 g/mol. The molecule has 0 amide bonds. The fraction of sp³-hybridized carbons (Fsp3) is 0.667. The molecular weight excluding hydrogens is 222 g/mol. The van der Waals surface area contributed by atoms with E-state index < -0.39 is 0 Å². The first kappa shape index (κ1) is 13.2. The van der Waals surface area contributed by atoms with Crippen LogP contribution >= 0.6 is 11.6 Å². The molecule has 0 unspecified atom stereocenters. The van der Waals surface area contributed by atoms with Gasteiger partial charge in [0.05, 0.1) is 11.9 Å². The molecule has 3 nitrogen and oxygen atoms in total. The second-order valence-electron chi connectivity index (χ2n) is 4.80. The molecule has 1 heterocycles. The SMILES string of the molecule is CC(C)C(CNc1cnnc(Cl)c1)C(C)C. The first-order valence-electron chi connectivity index (χ1n) is 5.72. The first-order chi connectivity index (χ1) is 7.50. The van der Waals surface area contributed by atoms with Crippen molar-refractivity contribution >= 4 is 17.3 Å². The summed E-state index contributed by atoms with van der Waals surface area (Å²) in [6.07, 6.45) is 1.70. The van der Waals surface area contributed by atoms with Crippen molar-refractivity contribution < 1.29 is 0 Å². The maximum Gasteiger partial charge on any atom is 0.153 e. The number of hydrogen-bond donors (Lipinski definition) is 1. The fourth-order valence-electron chi connectivity index (χ4n) is 1.91. The molecule has 1 N–H and O–H groups in total. The molecule has 1 aromatic rings. The van der Waals surface area contributed by atoms with E-state index in [-0.39, 0.29) is 0 Å². The van der Waals surface area contributed by atoms with Gasteiger partial charge in [-0.15, -0.1) is 5.10 Å². The van der Waals surface area contributed by atoms with Gasteiger partial charge in [0.25, 0.3) is 0 Å². The fourth-order valence-corrected chi connectivity index (χ4v) is 2.08. The average Bonchev–Trinajstić information content (AvgIpc) is 2.16. The second-order valence-corrected chi connectivity index (χ2v) is 5.19. The number of halogens is 1.